The zero-order valence-electron chi connectivity index (χ0n) is 11.4. The second-order valence-electron chi connectivity index (χ2n) is 4.16. The molecule has 0 radical (unpaired) electrons. The van der Waals surface area contributed by atoms with Gasteiger partial charge in [-0.3, -0.25) is 0 Å². The summed E-state index contributed by atoms with van der Waals surface area (Å²) in [4.78, 5) is 0.881. The highest BCUT2D eigenvalue weighted by Gasteiger charge is 2.16. The molecule has 0 N–H and O–H groups in total. The van der Waals surface area contributed by atoms with Crippen LogP contribution in [0, 0.1) is 11.3 Å². The van der Waals surface area contributed by atoms with Crippen LogP contribution in [0.3, 0.4) is 0 Å². The third-order valence-electron chi connectivity index (χ3n) is 2.97. The predicted octanol–water partition coefficient (Wildman–Crippen LogP) is 4.28. The van der Waals surface area contributed by atoms with Crippen molar-refractivity contribution in [2.75, 3.05) is 0 Å². The maximum atomic E-state index is 9.43. The lowest BCUT2D eigenvalue weighted by molar-refractivity contribution is 0.818. The molecule has 0 unspecified atom stereocenters. The number of nitrogens with zero attached hydrogens (tertiary/aromatic N) is 3. The van der Waals surface area contributed by atoms with E-state index in [4.69, 9.17) is 11.6 Å². The van der Waals surface area contributed by atoms with Gasteiger partial charge in [-0.1, -0.05) is 49.3 Å². The van der Waals surface area contributed by atoms with Crippen molar-refractivity contribution in [3.8, 4) is 6.07 Å². The van der Waals surface area contributed by atoms with Crippen LogP contribution in [0.2, 0.25) is 5.02 Å². The summed E-state index contributed by atoms with van der Waals surface area (Å²) >= 11 is 7.54. The van der Waals surface area contributed by atoms with Crippen LogP contribution in [0.15, 0.2) is 34.2 Å². The standard InChI is InChI=1S/C15H14ClN3S/c1-3-10-11(9-17)15(19-18-13(10)4-2)20-14-8-6-5-7-12(14)16/h5-8H,3-4H2,1-2H3. The molecular formula is C15H14ClN3S. The normalized spacial score (nSPS) is 10.3. The van der Waals surface area contributed by atoms with Crippen LogP contribution >= 0.6 is 23.4 Å². The molecule has 5 heteroatoms. The minimum atomic E-state index is 0.615. The van der Waals surface area contributed by atoms with Gasteiger partial charge in [0.1, 0.15) is 11.1 Å². The minimum absolute atomic E-state index is 0.615. The summed E-state index contributed by atoms with van der Waals surface area (Å²) < 4.78 is 0. The molecule has 1 aromatic heterocycles. The smallest absolute Gasteiger partial charge is 0.142 e. The van der Waals surface area contributed by atoms with Gasteiger partial charge in [-0.25, -0.2) is 0 Å². The Bertz CT molecular complexity index is 665. The number of rotatable bonds is 4. The molecule has 0 aliphatic carbocycles. The monoisotopic (exact) mass is 303 g/mol. The van der Waals surface area contributed by atoms with Crippen molar-refractivity contribution in [3.63, 3.8) is 0 Å². The number of benzene rings is 1. The number of nitriles is 1. The number of halogens is 1. The Morgan fingerprint density at radius 1 is 1.20 bits per heavy atom. The highest BCUT2D eigenvalue weighted by molar-refractivity contribution is 7.99. The maximum absolute atomic E-state index is 9.43. The van der Waals surface area contributed by atoms with Crippen molar-refractivity contribution in [1.29, 1.82) is 5.26 Å². The van der Waals surface area contributed by atoms with Gasteiger partial charge in [0, 0.05) is 4.90 Å². The molecular weight excluding hydrogens is 290 g/mol. The van der Waals surface area contributed by atoms with Crippen molar-refractivity contribution in [3.05, 3.63) is 46.1 Å². The molecule has 0 aliphatic rings. The maximum Gasteiger partial charge on any atom is 0.142 e. The summed E-state index contributed by atoms with van der Waals surface area (Å²) in [7, 11) is 0. The van der Waals surface area contributed by atoms with Gasteiger partial charge >= 0.3 is 0 Å². The van der Waals surface area contributed by atoms with Crippen LogP contribution in [0.25, 0.3) is 0 Å². The Kier molecular flexibility index (Phi) is 4.99. The molecule has 2 aromatic rings. The molecule has 0 aliphatic heterocycles. The highest BCUT2D eigenvalue weighted by atomic mass is 35.5. The molecule has 0 atom stereocenters. The van der Waals surface area contributed by atoms with Crippen molar-refractivity contribution in [2.45, 2.75) is 36.6 Å². The third-order valence-corrected chi connectivity index (χ3v) is 4.47. The number of aryl methyl sites for hydroxylation is 1. The van der Waals surface area contributed by atoms with E-state index < -0.39 is 0 Å². The Hall–Kier alpha value is -1.57. The first kappa shape index (κ1) is 14.8. The van der Waals surface area contributed by atoms with E-state index in [1.165, 1.54) is 11.8 Å². The van der Waals surface area contributed by atoms with Crippen LogP contribution in [-0.2, 0) is 12.8 Å². The third kappa shape index (κ3) is 2.95. The molecule has 2 rings (SSSR count). The van der Waals surface area contributed by atoms with Crippen LogP contribution < -0.4 is 0 Å². The van der Waals surface area contributed by atoms with Crippen LogP contribution in [0.1, 0.15) is 30.7 Å². The lowest BCUT2D eigenvalue weighted by Gasteiger charge is -2.10. The lowest BCUT2D eigenvalue weighted by atomic mass is 10.1. The molecule has 20 heavy (non-hydrogen) atoms. The second-order valence-corrected chi connectivity index (χ2v) is 5.59. The van der Waals surface area contributed by atoms with Crippen molar-refractivity contribution < 1.29 is 0 Å². The van der Waals surface area contributed by atoms with Gasteiger partial charge in [0.15, 0.2) is 0 Å². The topological polar surface area (TPSA) is 49.6 Å². The van der Waals surface area contributed by atoms with Gasteiger partial charge in [0.2, 0.25) is 0 Å². The highest BCUT2D eigenvalue weighted by Crippen LogP contribution is 2.34. The van der Waals surface area contributed by atoms with E-state index >= 15 is 0 Å². The zero-order chi connectivity index (χ0) is 14.5. The average Bonchev–Trinajstić information content (AvgIpc) is 2.48. The minimum Gasteiger partial charge on any atom is -0.192 e. The first-order chi connectivity index (χ1) is 9.71. The molecule has 0 saturated heterocycles. The molecule has 0 amide bonds. The lowest BCUT2D eigenvalue weighted by Crippen LogP contribution is -2.04. The summed E-state index contributed by atoms with van der Waals surface area (Å²) in [5.74, 6) is 0. The largest absolute Gasteiger partial charge is 0.192 e. The second kappa shape index (κ2) is 6.74. The van der Waals surface area contributed by atoms with Crippen LogP contribution in [-0.4, -0.2) is 10.2 Å². The van der Waals surface area contributed by atoms with E-state index in [0.29, 0.717) is 15.6 Å². The van der Waals surface area contributed by atoms with Gasteiger partial charge < -0.3 is 0 Å². The number of hydrogen-bond donors (Lipinski definition) is 0. The van der Waals surface area contributed by atoms with Gasteiger partial charge in [-0.2, -0.15) is 10.4 Å². The molecule has 1 aromatic carbocycles. The first-order valence-electron chi connectivity index (χ1n) is 6.42. The Morgan fingerprint density at radius 2 is 1.95 bits per heavy atom. The van der Waals surface area contributed by atoms with E-state index in [1.54, 1.807) is 0 Å². The summed E-state index contributed by atoms with van der Waals surface area (Å²) in [6.07, 6.45) is 1.56. The Labute approximate surface area is 128 Å². The molecule has 0 saturated carbocycles. The summed E-state index contributed by atoms with van der Waals surface area (Å²) in [6, 6.07) is 9.79. The average molecular weight is 304 g/mol. The van der Waals surface area contributed by atoms with Gasteiger partial charge in [-0.05, 0) is 30.5 Å². The van der Waals surface area contributed by atoms with Crippen molar-refractivity contribution in [1.82, 2.24) is 10.2 Å². The summed E-state index contributed by atoms with van der Waals surface area (Å²) in [6.45, 7) is 4.05. The SMILES string of the molecule is CCc1nnc(Sc2ccccc2Cl)c(C#N)c1CC. The van der Waals surface area contributed by atoms with Crippen molar-refractivity contribution in [2.24, 2.45) is 0 Å². The summed E-state index contributed by atoms with van der Waals surface area (Å²) in [5.41, 5.74) is 2.50. The molecule has 1 heterocycles. The van der Waals surface area contributed by atoms with E-state index in [9.17, 15) is 5.26 Å². The molecule has 3 nitrogen and oxygen atoms in total. The van der Waals surface area contributed by atoms with Gasteiger partial charge in [0.05, 0.1) is 16.3 Å². The van der Waals surface area contributed by atoms with Crippen LogP contribution in [0.5, 0.6) is 0 Å². The fourth-order valence-electron chi connectivity index (χ4n) is 1.97. The fourth-order valence-corrected chi connectivity index (χ4v) is 3.10. The van der Waals surface area contributed by atoms with Gasteiger partial charge in [0.25, 0.3) is 0 Å². The molecule has 0 spiro atoms. The Morgan fingerprint density at radius 3 is 2.55 bits per heavy atom. The summed E-state index contributed by atoms with van der Waals surface area (Å²) in [5, 5.41) is 19.1. The fraction of sp³-hybridized carbons (Fsp3) is 0.267. The van der Waals surface area contributed by atoms with E-state index in [1.807, 2.05) is 38.1 Å². The molecule has 0 fully saturated rings. The predicted molar refractivity (Wildman–Crippen MR) is 81.1 cm³/mol. The number of hydrogen-bond acceptors (Lipinski definition) is 4. The quantitative estimate of drug-likeness (QED) is 0.846. The Balaban J connectivity index is 2.48. The van der Waals surface area contributed by atoms with E-state index in [0.717, 1.165) is 29.0 Å². The first-order valence-corrected chi connectivity index (χ1v) is 7.61. The number of aromatic nitrogens is 2. The van der Waals surface area contributed by atoms with E-state index in [2.05, 4.69) is 16.3 Å². The van der Waals surface area contributed by atoms with Crippen LogP contribution in [0.4, 0.5) is 0 Å². The molecule has 102 valence electrons. The van der Waals surface area contributed by atoms with Gasteiger partial charge in [-0.15, -0.1) is 5.10 Å². The molecule has 0 bridgehead atoms. The van der Waals surface area contributed by atoms with E-state index in [-0.39, 0.29) is 0 Å². The van der Waals surface area contributed by atoms with Crippen molar-refractivity contribution >= 4 is 23.4 Å². The zero-order valence-corrected chi connectivity index (χ0v) is 12.9.